The Labute approximate surface area is 113 Å². The zero-order chi connectivity index (χ0) is 13.8. The number of nitrogens with zero attached hydrogens (tertiary/aromatic N) is 1. The summed E-state index contributed by atoms with van der Waals surface area (Å²) in [5.41, 5.74) is 7.88. The van der Waals surface area contributed by atoms with Gasteiger partial charge in [-0.3, -0.25) is 4.79 Å². The average Bonchev–Trinajstić information content (AvgIpc) is 2.39. The number of hydrogen-bond donors (Lipinski definition) is 2. The summed E-state index contributed by atoms with van der Waals surface area (Å²) in [5.74, 6) is -0.0668. The molecule has 5 heteroatoms. The summed E-state index contributed by atoms with van der Waals surface area (Å²) in [6, 6.07) is 5.59. The van der Waals surface area contributed by atoms with Gasteiger partial charge in [-0.25, -0.2) is 0 Å². The van der Waals surface area contributed by atoms with Crippen LogP contribution in [0, 0.1) is 0 Å². The molecule has 0 atom stereocenters. The van der Waals surface area contributed by atoms with Crippen molar-refractivity contribution >= 4 is 17.3 Å². The molecule has 0 aliphatic carbocycles. The van der Waals surface area contributed by atoms with Gasteiger partial charge in [-0.15, -0.1) is 0 Å². The fraction of sp³-hybridized carbons (Fsp3) is 0.500. The number of rotatable bonds is 3. The predicted molar refractivity (Wildman–Crippen MR) is 76.5 cm³/mol. The second kappa shape index (κ2) is 5.93. The number of ether oxygens (including phenoxy) is 1. The minimum Gasteiger partial charge on any atom is -0.399 e. The molecule has 1 saturated heterocycles. The fourth-order valence-corrected chi connectivity index (χ4v) is 2.23. The molecule has 1 aliphatic heterocycles. The van der Waals surface area contributed by atoms with Crippen LogP contribution >= 0.6 is 0 Å². The Hall–Kier alpha value is -1.75. The van der Waals surface area contributed by atoms with E-state index >= 15 is 0 Å². The van der Waals surface area contributed by atoms with Crippen molar-refractivity contribution in [1.29, 1.82) is 0 Å². The highest BCUT2D eigenvalue weighted by Crippen LogP contribution is 2.22. The first-order chi connectivity index (χ1) is 9.08. The molecule has 1 fully saturated rings. The van der Waals surface area contributed by atoms with Crippen molar-refractivity contribution in [2.45, 2.75) is 18.9 Å². The van der Waals surface area contributed by atoms with Crippen LogP contribution in [0.4, 0.5) is 11.4 Å². The molecule has 2 rings (SSSR count). The van der Waals surface area contributed by atoms with Gasteiger partial charge in [-0.1, -0.05) is 0 Å². The van der Waals surface area contributed by atoms with E-state index in [-0.39, 0.29) is 11.9 Å². The number of hydrogen-bond acceptors (Lipinski definition) is 4. The lowest BCUT2D eigenvalue weighted by Gasteiger charge is -2.24. The van der Waals surface area contributed by atoms with Gasteiger partial charge in [-0.05, 0) is 31.0 Å². The molecule has 1 amide bonds. The first-order valence-electron chi connectivity index (χ1n) is 6.53. The predicted octanol–water partition coefficient (Wildman–Crippen LogP) is 1.24. The van der Waals surface area contributed by atoms with Gasteiger partial charge in [0.1, 0.15) is 0 Å². The number of nitrogens with two attached hydrogens (primary N) is 1. The minimum absolute atomic E-state index is 0.0668. The Morgan fingerprint density at radius 1 is 1.37 bits per heavy atom. The molecule has 1 aromatic carbocycles. The molecule has 1 aliphatic rings. The summed E-state index contributed by atoms with van der Waals surface area (Å²) in [4.78, 5) is 14.3. The number of nitrogen functional groups attached to an aromatic ring is 1. The third-order valence-electron chi connectivity index (χ3n) is 3.30. The summed E-state index contributed by atoms with van der Waals surface area (Å²) in [6.07, 6.45) is 1.73. The van der Waals surface area contributed by atoms with Crippen molar-refractivity contribution in [3.8, 4) is 0 Å². The molecule has 0 saturated carbocycles. The second-order valence-electron chi connectivity index (χ2n) is 5.03. The highest BCUT2D eigenvalue weighted by Gasteiger charge is 2.19. The molecule has 5 nitrogen and oxygen atoms in total. The SMILES string of the molecule is CN(C)c1ccc(N)cc1C(=O)NC1CCOCC1. The second-order valence-corrected chi connectivity index (χ2v) is 5.03. The van der Waals surface area contributed by atoms with Crippen LogP contribution in [0.3, 0.4) is 0 Å². The van der Waals surface area contributed by atoms with Gasteiger partial charge in [0.05, 0.1) is 5.56 Å². The molecule has 0 spiro atoms. The van der Waals surface area contributed by atoms with E-state index in [0.717, 1.165) is 18.5 Å². The van der Waals surface area contributed by atoms with E-state index in [1.54, 1.807) is 12.1 Å². The smallest absolute Gasteiger partial charge is 0.253 e. The molecule has 0 radical (unpaired) electrons. The quantitative estimate of drug-likeness (QED) is 0.805. The molecule has 19 heavy (non-hydrogen) atoms. The van der Waals surface area contributed by atoms with E-state index in [9.17, 15) is 4.79 Å². The van der Waals surface area contributed by atoms with Crippen LogP contribution in [0.5, 0.6) is 0 Å². The van der Waals surface area contributed by atoms with E-state index < -0.39 is 0 Å². The molecule has 0 bridgehead atoms. The van der Waals surface area contributed by atoms with Crippen molar-refractivity contribution in [2.75, 3.05) is 37.9 Å². The van der Waals surface area contributed by atoms with Crippen molar-refractivity contribution < 1.29 is 9.53 Å². The number of carbonyl (C=O) groups is 1. The maximum Gasteiger partial charge on any atom is 0.253 e. The zero-order valence-electron chi connectivity index (χ0n) is 11.5. The molecular formula is C14H21N3O2. The summed E-state index contributed by atoms with van der Waals surface area (Å²) in [5, 5.41) is 3.06. The van der Waals surface area contributed by atoms with Gasteiger partial charge >= 0.3 is 0 Å². The fourth-order valence-electron chi connectivity index (χ4n) is 2.23. The first-order valence-corrected chi connectivity index (χ1v) is 6.53. The van der Waals surface area contributed by atoms with Crippen LogP contribution in [0.2, 0.25) is 0 Å². The third-order valence-corrected chi connectivity index (χ3v) is 3.30. The van der Waals surface area contributed by atoms with Crippen LogP contribution in [-0.2, 0) is 4.74 Å². The van der Waals surface area contributed by atoms with Crippen LogP contribution in [-0.4, -0.2) is 39.3 Å². The molecule has 0 unspecified atom stereocenters. The van der Waals surface area contributed by atoms with Crippen LogP contribution in [0.15, 0.2) is 18.2 Å². The Morgan fingerprint density at radius 2 is 2.05 bits per heavy atom. The lowest BCUT2D eigenvalue weighted by molar-refractivity contribution is 0.0697. The highest BCUT2D eigenvalue weighted by molar-refractivity contribution is 6.00. The third kappa shape index (κ3) is 3.38. The number of amides is 1. The lowest BCUT2D eigenvalue weighted by Crippen LogP contribution is -2.39. The summed E-state index contributed by atoms with van der Waals surface area (Å²) < 4.78 is 5.29. The number of nitrogens with one attached hydrogen (secondary N) is 1. The molecule has 1 heterocycles. The standard InChI is InChI=1S/C14H21N3O2/c1-17(2)13-4-3-10(15)9-12(13)14(18)16-11-5-7-19-8-6-11/h3-4,9,11H,5-8,15H2,1-2H3,(H,16,18). The van der Waals surface area contributed by atoms with Crippen molar-refractivity contribution in [3.63, 3.8) is 0 Å². The van der Waals surface area contributed by atoms with Crippen molar-refractivity contribution in [1.82, 2.24) is 5.32 Å². The monoisotopic (exact) mass is 263 g/mol. The van der Waals surface area contributed by atoms with E-state index in [1.165, 1.54) is 0 Å². The van der Waals surface area contributed by atoms with Gasteiger partial charge in [0, 0.05) is 44.7 Å². The Morgan fingerprint density at radius 3 is 2.68 bits per heavy atom. The number of benzene rings is 1. The van der Waals surface area contributed by atoms with Crippen molar-refractivity contribution in [3.05, 3.63) is 23.8 Å². The van der Waals surface area contributed by atoms with E-state index in [0.29, 0.717) is 24.5 Å². The molecule has 104 valence electrons. The summed E-state index contributed by atoms with van der Waals surface area (Å²) in [7, 11) is 3.83. The van der Waals surface area contributed by atoms with E-state index in [2.05, 4.69) is 5.32 Å². The van der Waals surface area contributed by atoms with Crippen LogP contribution in [0.1, 0.15) is 23.2 Å². The first kappa shape index (κ1) is 13.7. The zero-order valence-corrected chi connectivity index (χ0v) is 11.5. The number of anilines is 2. The molecule has 3 N–H and O–H groups in total. The Kier molecular flexibility index (Phi) is 4.27. The normalized spacial score (nSPS) is 16.1. The topological polar surface area (TPSA) is 67.6 Å². The highest BCUT2D eigenvalue weighted by atomic mass is 16.5. The van der Waals surface area contributed by atoms with Gasteiger partial charge in [0.25, 0.3) is 5.91 Å². The molecule has 1 aromatic rings. The van der Waals surface area contributed by atoms with Gasteiger partial charge in [0.2, 0.25) is 0 Å². The lowest BCUT2D eigenvalue weighted by atomic mass is 10.1. The van der Waals surface area contributed by atoms with Gasteiger partial charge < -0.3 is 20.7 Å². The summed E-state index contributed by atoms with van der Waals surface area (Å²) in [6.45, 7) is 1.42. The summed E-state index contributed by atoms with van der Waals surface area (Å²) >= 11 is 0. The number of carbonyl (C=O) groups excluding carboxylic acids is 1. The maximum atomic E-state index is 12.4. The van der Waals surface area contributed by atoms with Crippen LogP contribution in [0.25, 0.3) is 0 Å². The molecular weight excluding hydrogens is 242 g/mol. The average molecular weight is 263 g/mol. The maximum absolute atomic E-state index is 12.4. The van der Waals surface area contributed by atoms with Gasteiger partial charge in [-0.2, -0.15) is 0 Å². The Bertz CT molecular complexity index is 454. The minimum atomic E-state index is -0.0668. The van der Waals surface area contributed by atoms with Crippen molar-refractivity contribution in [2.24, 2.45) is 0 Å². The Balaban J connectivity index is 2.15. The van der Waals surface area contributed by atoms with E-state index in [1.807, 2.05) is 25.1 Å². The molecule has 0 aromatic heterocycles. The van der Waals surface area contributed by atoms with E-state index in [4.69, 9.17) is 10.5 Å². The largest absolute Gasteiger partial charge is 0.399 e. The van der Waals surface area contributed by atoms with Gasteiger partial charge in [0.15, 0.2) is 0 Å². The van der Waals surface area contributed by atoms with Crippen LogP contribution < -0.4 is 16.0 Å².